The van der Waals surface area contributed by atoms with Crippen LogP contribution in [-0.2, 0) is 0 Å². The van der Waals surface area contributed by atoms with Gasteiger partial charge in [0.05, 0.1) is 0 Å². The minimum atomic E-state index is 0.0209. The summed E-state index contributed by atoms with van der Waals surface area (Å²) in [6.45, 7) is 0.589. The minimum Gasteiger partial charge on any atom is -0.508 e. The van der Waals surface area contributed by atoms with E-state index in [-0.39, 0.29) is 11.7 Å². The zero-order valence-corrected chi connectivity index (χ0v) is 11.8. The molecule has 0 heterocycles. The molecule has 1 aliphatic rings. The molecule has 1 fully saturated rings. The largest absolute Gasteiger partial charge is 0.508 e. The number of benzene rings is 1. The van der Waals surface area contributed by atoms with Crippen molar-refractivity contribution in [3.8, 4) is 5.75 Å². The van der Waals surface area contributed by atoms with Crippen molar-refractivity contribution in [1.82, 2.24) is 4.90 Å². The van der Waals surface area contributed by atoms with Gasteiger partial charge in [-0.15, -0.1) is 11.6 Å². The lowest BCUT2D eigenvalue weighted by Gasteiger charge is -2.34. The van der Waals surface area contributed by atoms with Crippen LogP contribution in [0.2, 0.25) is 0 Å². The molecule has 0 aliphatic heterocycles. The van der Waals surface area contributed by atoms with E-state index in [2.05, 4.69) is 0 Å². The van der Waals surface area contributed by atoms with E-state index in [1.165, 1.54) is 19.3 Å². The Hall–Kier alpha value is -1.22. The number of phenolic OH excluding ortho intramolecular Hbond substituents is 1. The first kappa shape index (κ1) is 14.2. The molecule has 1 N–H and O–H groups in total. The van der Waals surface area contributed by atoms with Crippen molar-refractivity contribution in [2.75, 3.05) is 12.4 Å². The molecule has 1 amide bonds. The Bertz CT molecular complexity index is 413. The first-order valence-corrected chi connectivity index (χ1v) is 7.42. The third kappa shape index (κ3) is 3.63. The second-order valence-electron chi connectivity index (χ2n) is 5.03. The summed E-state index contributed by atoms with van der Waals surface area (Å²) in [4.78, 5) is 14.4. The molecule has 0 spiro atoms. The van der Waals surface area contributed by atoms with Gasteiger partial charge in [0.15, 0.2) is 0 Å². The topological polar surface area (TPSA) is 40.5 Å². The number of rotatable bonds is 4. The van der Waals surface area contributed by atoms with Crippen molar-refractivity contribution in [3.05, 3.63) is 29.8 Å². The molecule has 0 bridgehead atoms. The molecular weight excluding hydrogens is 262 g/mol. The summed E-state index contributed by atoms with van der Waals surface area (Å²) in [6.07, 6.45) is 5.78. The third-order valence-corrected chi connectivity index (χ3v) is 3.89. The van der Waals surface area contributed by atoms with Gasteiger partial charge in [-0.1, -0.05) is 19.3 Å². The van der Waals surface area contributed by atoms with E-state index < -0.39 is 0 Å². The van der Waals surface area contributed by atoms with Crippen LogP contribution >= 0.6 is 11.6 Å². The van der Waals surface area contributed by atoms with Crippen LogP contribution in [0.5, 0.6) is 5.75 Å². The highest BCUT2D eigenvalue weighted by Crippen LogP contribution is 2.24. The predicted molar refractivity (Wildman–Crippen MR) is 76.7 cm³/mol. The number of hydrogen-bond acceptors (Lipinski definition) is 2. The maximum atomic E-state index is 12.5. The van der Waals surface area contributed by atoms with Crippen molar-refractivity contribution in [3.63, 3.8) is 0 Å². The van der Waals surface area contributed by atoms with Crippen LogP contribution < -0.4 is 0 Å². The molecule has 1 aliphatic carbocycles. The van der Waals surface area contributed by atoms with Crippen LogP contribution in [-0.4, -0.2) is 34.4 Å². The summed E-state index contributed by atoms with van der Waals surface area (Å²) in [6, 6.07) is 6.75. The molecule has 4 heteroatoms. The Kier molecular flexibility index (Phi) is 5.08. The van der Waals surface area contributed by atoms with E-state index in [9.17, 15) is 9.90 Å². The molecule has 1 saturated carbocycles. The standard InChI is InChI=1S/C15H20ClNO2/c16-10-11-17(13-4-2-1-3-5-13)15(19)12-6-8-14(18)9-7-12/h6-9,13,18H,1-5,10-11H2. The van der Waals surface area contributed by atoms with Gasteiger partial charge in [0.2, 0.25) is 0 Å². The van der Waals surface area contributed by atoms with Gasteiger partial charge in [-0.25, -0.2) is 0 Å². The molecule has 1 aromatic rings. The van der Waals surface area contributed by atoms with Crippen LogP contribution in [0.4, 0.5) is 0 Å². The molecule has 2 rings (SSSR count). The maximum absolute atomic E-state index is 12.5. The summed E-state index contributed by atoms with van der Waals surface area (Å²) in [5.74, 6) is 0.658. The summed E-state index contributed by atoms with van der Waals surface area (Å²) in [7, 11) is 0. The van der Waals surface area contributed by atoms with E-state index in [1.807, 2.05) is 4.90 Å². The first-order valence-electron chi connectivity index (χ1n) is 6.88. The van der Waals surface area contributed by atoms with Gasteiger partial charge in [-0.3, -0.25) is 4.79 Å². The number of amides is 1. The van der Waals surface area contributed by atoms with Gasteiger partial charge in [-0.2, -0.15) is 0 Å². The molecule has 104 valence electrons. The van der Waals surface area contributed by atoms with Crippen molar-refractivity contribution in [1.29, 1.82) is 0 Å². The van der Waals surface area contributed by atoms with E-state index in [4.69, 9.17) is 11.6 Å². The number of aromatic hydroxyl groups is 1. The van der Waals surface area contributed by atoms with Crippen molar-refractivity contribution in [2.45, 2.75) is 38.1 Å². The van der Waals surface area contributed by atoms with Crippen LogP contribution in [0.3, 0.4) is 0 Å². The number of phenols is 1. The molecular formula is C15H20ClNO2. The SMILES string of the molecule is O=C(c1ccc(O)cc1)N(CCCl)C1CCCCC1. The van der Waals surface area contributed by atoms with Crippen LogP contribution in [0.25, 0.3) is 0 Å². The molecule has 0 unspecified atom stereocenters. The Morgan fingerprint density at radius 3 is 2.42 bits per heavy atom. The second kappa shape index (κ2) is 6.80. The van der Waals surface area contributed by atoms with Crippen molar-refractivity contribution >= 4 is 17.5 Å². The number of alkyl halides is 1. The second-order valence-corrected chi connectivity index (χ2v) is 5.40. The lowest BCUT2D eigenvalue weighted by atomic mass is 9.93. The van der Waals surface area contributed by atoms with Gasteiger partial charge >= 0.3 is 0 Å². The summed E-state index contributed by atoms with van der Waals surface area (Å²) >= 11 is 5.84. The van der Waals surface area contributed by atoms with E-state index in [0.717, 1.165) is 12.8 Å². The summed E-state index contributed by atoms with van der Waals surface area (Å²) < 4.78 is 0. The number of carbonyl (C=O) groups is 1. The zero-order valence-electron chi connectivity index (χ0n) is 11.0. The normalized spacial score (nSPS) is 16.3. The number of halogens is 1. The van der Waals surface area contributed by atoms with E-state index in [0.29, 0.717) is 24.0 Å². The highest BCUT2D eigenvalue weighted by Gasteiger charge is 2.25. The summed E-state index contributed by atoms with van der Waals surface area (Å²) in [5.41, 5.74) is 0.619. The summed E-state index contributed by atoms with van der Waals surface area (Å²) in [5, 5.41) is 9.28. The maximum Gasteiger partial charge on any atom is 0.254 e. The Morgan fingerprint density at radius 2 is 1.84 bits per heavy atom. The number of hydrogen-bond donors (Lipinski definition) is 1. The number of nitrogens with zero attached hydrogens (tertiary/aromatic N) is 1. The molecule has 0 atom stereocenters. The quantitative estimate of drug-likeness (QED) is 0.859. The van der Waals surface area contributed by atoms with Crippen LogP contribution in [0.1, 0.15) is 42.5 Å². The fourth-order valence-corrected chi connectivity index (χ4v) is 2.89. The van der Waals surface area contributed by atoms with E-state index >= 15 is 0 Å². The molecule has 0 radical (unpaired) electrons. The molecule has 19 heavy (non-hydrogen) atoms. The fraction of sp³-hybridized carbons (Fsp3) is 0.533. The molecule has 0 saturated heterocycles. The van der Waals surface area contributed by atoms with Crippen molar-refractivity contribution < 1.29 is 9.90 Å². The first-order chi connectivity index (χ1) is 9.22. The average molecular weight is 282 g/mol. The monoisotopic (exact) mass is 281 g/mol. The fourth-order valence-electron chi connectivity index (χ4n) is 2.70. The van der Waals surface area contributed by atoms with Crippen molar-refractivity contribution in [2.24, 2.45) is 0 Å². The van der Waals surface area contributed by atoms with Gasteiger partial charge < -0.3 is 10.0 Å². The van der Waals surface area contributed by atoms with Gasteiger partial charge in [0.1, 0.15) is 5.75 Å². The smallest absolute Gasteiger partial charge is 0.254 e. The Morgan fingerprint density at radius 1 is 1.21 bits per heavy atom. The van der Waals surface area contributed by atoms with Crippen LogP contribution in [0.15, 0.2) is 24.3 Å². The van der Waals surface area contributed by atoms with Gasteiger partial charge in [0, 0.05) is 24.0 Å². The lowest BCUT2D eigenvalue weighted by molar-refractivity contribution is 0.0649. The van der Waals surface area contributed by atoms with Gasteiger partial charge in [0.25, 0.3) is 5.91 Å². The van der Waals surface area contributed by atoms with Gasteiger partial charge in [-0.05, 0) is 37.1 Å². The minimum absolute atomic E-state index is 0.0209. The zero-order chi connectivity index (χ0) is 13.7. The Balaban J connectivity index is 2.13. The predicted octanol–water partition coefficient (Wildman–Crippen LogP) is 3.41. The molecule has 1 aromatic carbocycles. The van der Waals surface area contributed by atoms with Crippen LogP contribution in [0, 0.1) is 0 Å². The number of carbonyl (C=O) groups excluding carboxylic acids is 1. The average Bonchev–Trinajstić information content (AvgIpc) is 2.46. The lowest BCUT2D eigenvalue weighted by Crippen LogP contribution is -2.42. The van der Waals surface area contributed by atoms with E-state index in [1.54, 1.807) is 24.3 Å². The third-order valence-electron chi connectivity index (χ3n) is 3.72. The highest BCUT2D eigenvalue weighted by atomic mass is 35.5. The molecule has 0 aromatic heterocycles. The Labute approximate surface area is 119 Å². The molecule has 3 nitrogen and oxygen atoms in total. The highest BCUT2D eigenvalue weighted by molar-refractivity contribution is 6.18.